The van der Waals surface area contributed by atoms with E-state index in [4.69, 9.17) is 4.74 Å². The van der Waals surface area contributed by atoms with Crippen molar-refractivity contribution in [2.45, 2.75) is 20.3 Å². The van der Waals surface area contributed by atoms with E-state index in [0.29, 0.717) is 11.5 Å². The van der Waals surface area contributed by atoms with Crippen molar-refractivity contribution < 1.29 is 14.6 Å². The fourth-order valence-electron chi connectivity index (χ4n) is 0.948. The third kappa shape index (κ3) is 2.21. The van der Waals surface area contributed by atoms with Crippen molar-refractivity contribution in [1.29, 1.82) is 0 Å². The lowest BCUT2D eigenvalue weighted by Gasteiger charge is -1.97. The molecule has 0 atom stereocenters. The molecule has 0 saturated carbocycles. The number of esters is 1. The van der Waals surface area contributed by atoms with Gasteiger partial charge in [-0.15, -0.1) is 11.3 Å². The van der Waals surface area contributed by atoms with Crippen molar-refractivity contribution in [3.8, 4) is 5.75 Å². The standard InChI is InChI=1S/C9H12O3S/c1-3-6-5-7(10)8(13-6)9(11)12-4-2/h5,10H,3-4H2,1-2H3. The van der Waals surface area contributed by atoms with Gasteiger partial charge in [-0.1, -0.05) is 6.92 Å². The molecular weight excluding hydrogens is 188 g/mol. The maximum Gasteiger partial charge on any atom is 0.352 e. The molecule has 0 aliphatic carbocycles. The van der Waals surface area contributed by atoms with Gasteiger partial charge >= 0.3 is 5.97 Å². The maximum absolute atomic E-state index is 11.2. The number of rotatable bonds is 3. The highest BCUT2D eigenvalue weighted by Crippen LogP contribution is 2.29. The van der Waals surface area contributed by atoms with Crippen molar-refractivity contribution in [3.63, 3.8) is 0 Å². The van der Waals surface area contributed by atoms with Crippen molar-refractivity contribution >= 4 is 17.3 Å². The minimum Gasteiger partial charge on any atom is -0.506 e. The Labute approximate surface area is 81.0 Å². The molecule has 0 bridgehead atoms. The highest BCUT2D eigenvalue weighted by atomic mass is 32.1. The predicted octanol–water partition coefficient (Wildman–Crippen LogP) is 2.19. The van der Waals surface area contributed by atoms with E-state index in [-0.39, 0.29) is 5.75 Å². The van der Waals surface area contributed by atoms with E-state index < -0.39 is 5.97 Å². The predicted molar refractivity (Wildman–Crippen MR) is 51.3 cm³/mol. The molecule has 13 heavy (non-hydrogen) atoms. The lowest BCUT2D eigenvalue weighted by molar-refractivity contribution is 0.0529. The third-order valence-electron chi connectivity index (χ3n) is 1.57. The number of carbonyl (C=O) groups is 1. The Morgan fingerprint density at radius 1 is 1.62 bits per heavy atom. The number of hydrogen-bond donors (Lipinski definition) is 1. The van der Waals surface area contributed by atoms with Crippen molar-refractivity contribution in [2.75, 3.05) is 6.61 Å². The van der Waals surface area contributed by atoms with Crippen LogP contribution in [0.2, 0.25) is 0 Å². The maximum atomic E-state index is 11.2. The lowest BCUT2D eigenvalue weighted by atomic mass is 10.3. The second-order valence-corrected chi connectivity index (χ2v) is 3.64. The highest BCUT2D eigenvalue weighted by molar-refractivity contribution is 7.14. The quantitative estimate of drug-likeness (QED) is 0.761. The molecule has 0 aliphatic heterocycles. The van der Waals surface area contributed by atoms with Crippen molar-refractivity contribution in [3.05, 3.63) is 15.8 Å². The van der Waals surface area contributed by atoms with Crippen LogP contribution in [0.4, 0.5) is 0 Å². The molecule has 0 aromatic carbocycles. The molecule has 1 N–H and O–H groups in total. The summed E-state index contributed by atoms with van der Waals surface area (Å²) in [6.07, 6.45) is 0.817. The van der Waals surface area contributed by atoms with E-state index in [1.807, 2.05) is 6.92 Å². The summed E-state index contributed by atoms with van der Waals surface area (Å²) in [6.45, 7) is 4.04. The smallest absolute Gasteiger partial charge is 0.352 e. The van der Waals surface area contributed by atoms with Gasteiger partial charge in [-0.3, -0.25) is 0 Å². The molecule has 0 unspecified atom stereocenters. The van der Waals surface area contributed by atoms with Gasteiger partial charge in [-0.2, -0.15) is 0 Å². The second-order valence-electron chi connectivity index (χ2n) is 2.50. The van der Waals surface area contributed by atoms with Gasteiger partial charge in [0.05, 0.1) is 6.61 Å². The van der Waals surface area contributed by atoms with Gasteiger partial charge in [0.15, 0.2) is 4.88 Å². The normalized spacial score (nSPS) is 10.0. The van der Waals surface area contributed by atoms with Gasteiger partial charge in [0.2, 0.25) is 0 Å². The number of carbonyl (C=O) groups excluding carboxylic acids is 1. The lowest BCUT2D eigenvalue weighted by Crippen LogP contribution is -2.01. The minimum atomic E-state index is -0.440. The van der Waals surface area contributed by atoms with E-state index in [0.717, 1.165) is 11.3 Å². The van der Waals surface area contributed by atoms with E-state index in [2.05, 4.69) is 0 Å². The number of hydrogen-bond acceptors (Lipinski definition) is 4. The van der Waals surface area contributed by atoms with Crippen LogP contribution in [0.1, 0.15) is 28.4 Å². The molecule has 72 valence electrons. The summed E-state index contributed by atoms with van der Waals surface area (Å²) in [5, 5.41) is 9.37. The van der Waals surface area contributed by atoms with Gasteiger partial charge in [0.1, 0.15) is 5.75 Å². The number of ether oxygens (including phenoxy) is 1. The Bertz CT molecular complexity index is 304. The molecule has 0 amide bonds. The molecule has 0 spiro atoms. The van der Waals surface area contributed by atoms with E-state index in [1.165, 1.54) is 11.3 Å². The largest absolute Gasteiger partial charge is 0.506 e. The monoisotopic (exact) mass is 200 g/mol. The topological polar surface area (TPSA) is 46.5 Å². The fraction of sp³-hybridized carbons (Fsp3) is 0.444. The first-order valence-corrected chi connectivity index (χ1v) is 4.99. The van der Waals surface area contributed by atoms with Crippen LogP contribution in [0.25, 0.3) is 0 Å². The zero-order valence-electron chi connectivity index (χ0n) is 7.66. The van der Waals surface area contributed by atoms with E-state index in [9.17, 15) is 9.90 Å². The molecule has 1 aromatic heterocycles. The summed E-state index contributed by atoms with van der Waals surface area (Å²) in [4.78, 5) is 12.5. The summed E-state index contributed by atoms with van der Waals surface area (Å²) >= 11 is 1.28. The molecule has 3 nitrogen and oxygen atoms in total. The Morgan fingerprint density at radius 3 is 2.77 bits per heavy atom. The first kappa shape index (κ1) is 10.1. The van der Waals surface area contributed by atoms with Crippen LogP contribution in [0.5, 0.6) is 5.75 Å². The van der Waals surface area contributed by atoms with Gasteiger partial charge in [0, 0.05) is 4.88 Å². The summed E-state index contributed by atoms with van der Waals surface area (Å²) in [5.41, 5.74) is 0. The Kier molecular flexibility index (Phi) is 3.31. The summed E-state index contributed by atoms with van der Waals surface area (Å²) < 4.78 is 4.78. The Balaban J connectivity index is 2.87. The van der Waals surface area contributed by atoms with Crippen molar-refractivity contribution in [1.82, 2.24) is 0 Å². The fourth-order valence-corrected chi connectivity index (χ4v) is 1.83. The first-order chi connectivity index (χ1) is 6.19. The molecule has 1 aromatic rings. The number of thiophene rings is 1. The van der Waals surface area contributed by atoms with Gasteiger partial charge < -0.3 is 9.84 Å². The molecule has 0 aliphatic rings. The average molecular weight is 200 g/mol. The molecular formula is C9H12O3S. The zero-order valence-corrected chi connectivity index (χ0v) is 8.48. The van der Waals surface area contributed by atoms with Gasteiger partial charge in [-0.25, -0.2) is 4.79 Å². The van der Waals surface area contributed by atoms with Crippen LogP contribution in [0.3, 0.4) is 0 Å². The summed E-state index contributed by atoms with van der Waals surface area (Å²) in [7, 11) is 0. The molecule has 1 rings (SSSR count). The zero-order chi connectivity index (χ0) is 9.84. The first-order valence-electron chi connectivity index (χ1n) is 4.17. The molecule has 0 radical (unpaired) electrons. The number of aryl methyl sites for hydroxylation is 1. The average Bonchev–Trinajstić information content (AvgIpc) is 2.47. The van der Waals surface area contributed by atoms with Crippen LogP contribution < -0.4 is 0 Å². The molecule has 0 saturated heterocycles. The summed E-state index contributed by atoms with van der Waals surface area (Å²) in [6, 6.07) is 1.61. The van der Waals surface area contributed by atoms with Crippen molar-refractivity contribution in [2.24, 2.45) is 0 Å². The molecule has 1 heterocycles. The molecule has 0 fully saturated rings. The van der Waals surface area contributed by atoms with Crippen LogP contribution in [-0.2, 0) is 11.2 Å². The second kappa shape index (κ2) is 4.28. The van der Waals surface area contributed by atoms with Crippen LogP contribution in [0.15, 0.2) is 6.07 Å². The van der Waals surface area contributed by atoms with Crippen LogP contribution in [0, 0.1) is 0 Å². The summed E-state index contributed by atoms with van der Waals surface area (Å²) in [5.74, 6) is -0.412. The SMILES string of the molecule is CCOC(=O)c1sc(CC)cc1O. The van der Waals surface area contributed by atoms with E-state index in [1.54, 1.807) is 13.0 Å². The van der Waals surface area contributed by atoms with E-state index >= 15 is 0 Å². The number of aromatic hydroxyl groups is 1. The Hall–Kier alpha value is -1.03. The minimum absolute atomic E-state index is 0.0281. The highest BCUT2D eigenvalue weighted by Gasteiger charge is 2.15. The molecule has 4 heteroatoms. The van der Waals surface area contributed by atoms with Crippen LogP contribution >= 0.6 is 11.3 Å². The Morgan fingerprint density at radius 2 is 2.31 bits per heavy atom. The van der Waals surface area contributed by atoms with Gasteiger partial charge in [-0.05, 0) is 19.4 Å². The van der Waals surface area contributed by atoms with Crippen LogP contribution in [-0.4, -0.2) is 17.7 Å². The third-order valence-corrected chi connectivity index (χ3v) is 2.82. The van der Waals surface area contributed by atoms with Gasteiger partial charge in [0.25, 0.3) is 0 Å².